The fraction of sp³-hybridized carbons (Fsp3) is 0.250. The van der Waals surface area contributed by atoms with Gasteiger partial charge in [-0.25, -0.2) is 4.98 Å². The van der Waals surface area contributed by atoms with Crippen molar-refractivity contribution in [1.82, 2.24) is 19.2 Å². The van der Waals surface area contributed by atoms with Gasteiger partial charge >= 0.3 is 0 Å². The average Bonchev–Trinajstić information content (AvgIpc) is 3.30. The molecule has 1 fully saturated rings. The second-order valence-corrected chi connectivity index (χ2v) is 9.00. The highest BCUT2D eigenvalue weighted by molar-refractivity contribution is 5.94. The van der Waals surface area contributed by atoms with Gasteiger partial charge in [0.15, 0.2) is 0 Å². The van der Waals surface area contributed by atoms with Crippen molar-refractivity contribution in [2.45, 2.75) is 13.5 Å². The Morgan fingerprint density at radius 1 is 0.917 bits per heavy atom. The molecule has 0 aliphatic carbocycles. The van der Waals surface area contributed by atoms with Crippen LogP contribution in [0.25, 0.3) is 5.65 Å². The summed E-state index contributed by atoms with van der Waals surface area (Å²) in [7, 11) is 0. The van der Waals surface area contributed by atoms with Gasteiger partial charge in [-0.05, 0) is 55.0 Å². The number of carbonyl (C=O) groups is 2. The summed E-state index contributed by atoms with van der Waals surface area (Å²) < 4.78 is 7.87. The highest BCUT2D eigenvalue weighted by atomic mass is 16.5. The first-order valence-corrected chi connectivity index (χ1v) is 12.1. The lowest BCUT2D eigenvalue weighted by atomic mass is 10.1. The Morgan fingerprint density at radius 2 is 1.67 bits per heavy atom. The number of hydrogen-bond acceptors (Lipinski definition) is 5. The number of hydrogen-bond donors (Lipinski definition) is 1. The number of amides is 2. The average molecular weight is 484 g/mol. The van der Waals surface area contributed by atoms with Crippen molar-refractivity contribution in [2.75, 3.05) is 38.0 Å². The summed E-state index contributed by atoms with van der Waals surface area (Å²) in [4.78, 5) is 33.7. The monoisotopic (exact) mass is 483 g/mol. The minimum absolute atomic E-state index is 0.00865. The number of rotatable bonds is 7. The number of fused-ring (bicyclic) bond motifs is 1. The molecule has 0 bridgehead atoms. The van der Waals surface area contributed by atoms with E-state index in [0.717, 1.165) is 17.0 Å². The molecule has 0 radical (unpaired) electrons. The molecule has 1 aliphatic heterocycles. The van der Waals surface area contributed by atoms with Crippen LogP contribution in [0.4, 0.5) is 5.69 Å². The van der Waals surface area contributed by atoms with Gasteiger partial charge in [-0.15, -0.1) is 0 Å². The first-order chi connectivity index (χ1) is 17.5. The van der Waals surface area contributed by atoms with E-state index in [9.17, 15) is 9.59 Å². The summed E-state index contributed by atoms with van der Waals surface area (Å²) in [5, 5.41) is 2.91. The maximum Gasteiger partial charge on any atom is 0.253 e. The van der Waals surface area contributed by atoms with Gasteiger partial charge in [0.2, 0.25) is 5.91 Å². The molecule has 2 aromatic heterocycles. The lowest BCUT2D eigenvalue weighted by Gasteiger charge is -2.34. The fourth-order valence-electron chi connectivity index (χ4n) is 4.29. The Bertz CT molecular complexity index is 1340. The second-order valence-electron chi connectivity index (χ2n) is 9.00. The van der Waals surface area contributed by atoms with Gasteiger partial charge in [-0.2, -0.15) is 0 Å². The number of aromatic nitrogens is 2. The predicted molar refractivity (Wildman–Crippen MR) is 138 cm³/mol. The Balaban J connectivity index is 1.09. The molecule has 2 amide bonds. The van der Waals surface area contributed by atoms with Crippen molar-refractivity contribution in [3.8, 4) is 5.75 Å². The van der Waals surface area contributed by atoms with Gasteiger partial charge in [-0.3, -0.25) is 14.5 Å². The van der Waals surface area contributed by atoms with Crippen LogP contribution in [-0.4, -0.2) is 63.7 Å². The van der Waals surface area contributed by atoms with Crippen LogP contribution in [0.5, 0.6) is 5.75 Å². The third-order valence-electron chi connectivity index (χ3n) is 6.22. The Kier molecular flexibility index (Phi) is 6.95. The lowest BCUT2D eigenvalue weighted by Crippen LogP contribution is -2.50. The molecule has 4 aromatic rings. The largest absolute Gasteiger partial charge is 0.487 e. The first-order valence-electron chi connectivity index (χ1n) is 12.1. The molecule has 3 heterocycles. The molecule has 0 spiro atoms. The first kappa shape index (κ1) is 23.6. The zero-order valence-corrected chi connectivity index (χ0v) is 20.3. The molecule has 36 heavy (non-hydrogen) atoms. The quantitative estimate of drug-likeness (QED) is 0.434. The number of nitrogens with zero attached hydrogens (tertiary/aromatic N) is 4. The van der Waals surface area contributed by atoms with E-state index < -0.39 is 0 Å². The summed E-state index contributed by atoms with van der Waals surface area (Å²) >= 11 is 0. The Labute approximate surface area is 210 Å². The zero-order valence-electron chi connectivity index (χ0n) is 20.3. The van der Waals surface area contributed by atoms with Gasteiger partial charge in [0, 0.05) is 49.8 Å². The van der Waals surface area contributed by atoms with E-state index in [-0.39, 0.29) is 11.8 Å². The second kappa shape index (κ2) is 10.6. The van der Waals surface area contributed by atoms with Crippen molar-refractivity contribution >= 4 is 23.1 Å². The molecule has 1 N–H and O–H groups in total. The molecule has 0 atom stereocenters. The van der Waals surface area contributed by atoms with Crippen LogP contribution < -0.4 is 10.1 Å². The smallest absolute Gasteiger partial charge is 0.253 e. The predicted octanol–water partition coefficient (Wildman–Crippen LogP) is 3.62. The number of benzene rings is 2. The van der Waals surface area contributed by atoms with E-state index in [1.807, 2.05) is 83.2 Å². The molecule has 0 unspecified atom stereocenters. The van der Waals surface area contributed by atoms with Gasteiger partial charge in [0.25, 0.3) is 5.91 Å². The summed E-state index contributed by atoms with van der Waals surface area (Å²) in [6.07, 6.45) is 4.00. The normalized spacial score (nSPS) is 14.1. The van der Waals surface area contributed by atoms with Crippen molar-refractivity contribution in [1.29, 1.82) is 0 Å². The van der Waals surface area contributed by atoms with E-state index in [1.54, 1.807) is 12.1 Å². The van der Waals surface area contributed by atoms with E-state index in [1.165, 1.54) is 5.56 Å². The molecular formula is C28H29N5O3. The van der Waals surface area contributed by atoms with Crippen molar-refractivity contribution in [2.24, 2.45) is 0 Å². The number of anilines is 1. The standard InChI is InChI=1S/C28H29N5O3/c1-21-7-12-26-29-24(18-33(26)17-21)20-36-25-10-8-22(9-11-25)28(35)32-15-13-31(14-16-32)19-27(34)30-23-5-3-2-4-6-23/h2-12,17-18H,13-16,19-20H2,1H3,(H,30,34). The Hall–Kier alpha value is -4.17. The number of pyridine rings is 1. The van der Waals surface area contributed by atoms with Gasteiger partial charge in [-0.1, -0.05) is 24.3 Å². The maximum atomic E-state index is 13.0. The number of aryl methyl sites for hydroxylation is 1. The van der Waals surface area contributed by atoms with E-state index >= 15 is 0 Å². The molecule has 184 valence electrons. The van der Waals surface area contributed by atoms with Crippen molar-refractivity contribution in [3.05, 3.63) is 95.9 Å². The SMILES string of the molecule is Cc1ccc2nc(COc3ccc(C(=O)N4CCN(CC(=O)Nc5ccccc5)CC4)cc3)cn2c1. The number of piperazine rings is 1. The van der Waals surface area contributed by atoms with Gasteiger partial charge in [0.05, 0.1) is 12.2 Å². The van der Waals surface area contributed by atoms with Crippen molar-refractivity contribution in [3.63, 3.8) is 0 Å². The van der Waals surface area contributed by atoms with Crippen LogP contribution in [0.15, 0.2) is 79.1 Å². The maximum absolute atomic E-state index is 13.0. The van der Waals surface area contributed by atoms with Crippen LogP contribution in [-0.2, 0) is 11.4 Å². The van der Waals surface area contributed by atoms with E-state index in [0.29, 0.717) is 50.6 Å². The summed E-state index contributed by atoms with van der Waals surface area (Å²) in [5.41, 5.74) is 4.31. The lowest BCUT2D eigenvalue weighted by molar-refractivity contribution is -0.117. The number of nitrogens with one attached hydrogen (secondary N) is 1. The van der Waals surface area contributed by atoms with E-state index in [2.05, 4.69) is 15.2 Å². The molecule has 1 aliphatic rings. The summed E-state index contributed by atoms with van der Waals surface area (Å²) in [6.45, 7) is 5.21. The van der Waals surface area contributed by atoms with Gasteiger partial charge in [0.1, 0.15) is 18.0 Å². The minimum Gasteiger partial charge on any atom is -0.487 e. The number of para-hydroxylation sites is 1. The van der Waals surface area contributed by atoms with Crippen LogP contribution in [0.2, 0.25) is 0 Å². The molecule has 8 heteroatoms. The number of ether oxygens (including phenoxy) is 1. The highest BCUT2D eigenvalue weighted by Gasteiger charge is 2.23. The number of carbonyl (C=O) groups excluding carboxylic acids is 2. The van der Waals surface area contributed by atoms with Crippen LogP contribution in [0.1, 0.15) is 21.6 Å². The summed E-state index contributed by atoms with van der Waals surface area (Å²) in [5.74, 6) is 0.634. The Morgan fingerprint density at radius 3 is 2.42 bits per heavy atom. The topological polar surface area (TPSA) is 79.2 Å². The van der Waals surface area contributed by atoms with Crippen LogP contribution >= 0.6 is 0 Å². The molecule has 1 saturated heterocycles. The zero-order chi connectivity index (χ0) is 24.9. The fourth-order valence-corrected chi connectivity index (χ4v) is 4.29. The molecule has 5 rings (SSSR count). The molecule has 0 saturated carbocycles. The third-order valence-corrected chi connectivity index (χ3v) is 6.22. The summed E-state index contributed by atoms with van der Waals surface area (Å²) in [6, 6.07) is 20.7. The third kappa shape index (κ3) is 5.72. The highest BCUT2D eigenvalue weighted by Crippen LogP contribution is 2.17. The van der Waals surface area contributed by atoms with E-state index in [4.69, 9.17) is 4.74 Å². The molecular weight excluding hydrogens is 454 g/mol. The number of imidazole rings is 1. The molecule has 8 nitrogen and oxygen atoms in total. The molecule has 2 aromatic carbocycles. The van der Waals surface area contributed by atoms with Crippen molar-refractivity contribution < 1.29 is 14.3 Å². The minimum atomic E-state index is -0.0460. The van der Waals surface area contributed by atoms with Gasteiger partial charge < -0.3 is 19.4 Å². The van der Waals surface area contributed by atoms with Crippen LogP contribution in [0, 0.1) is 6.92 Å². The van der Waals surface area contributed by atoms with Crippen LogP contribution in [0.3, 0.4) is 0 Å².